The third-order valence-electron chi connectivity index (χ3n) is 4.03. The largest absolute Gasteiger partial charge is 0.480 e. The summed E-state index contributed by atoms with van der Waals surface area (Å²) in [5.41, 5.74) is 1.85. The van der Waals surface area contributed by atoms with Crippen LogP contribution in [0.25, 0.3) is 6.08 Å². The van der Waals surface area contributed by atoms with Gasteiger partial charge in [-0.2, -0.15) is 0 Å². The van der Waals surface area contributed by atoms with Gasteiger partial charge in [-0.05, 0) is 17.2 Å². The van der Waals surface area contributed by atoms with Crippen LogP contribution in [0, 0.1) is 0 Å². The Morgan fingerprint density at radius 3 is 2.37 bits per heavy atom. The van der Waals surface area contributed by atoms with Crippen molar-refractivity contribution in [1.29, 1.82) is 0 Å². The zero-order valence-corrected chi connectivity index (χ0v) is 16.0. The van der Waals surface area contributed by atoms with E-state index >= 15 is 0 Å². The number of thioether (sulfide) groups is 1. The molecule has 1 aliphatic rings. The van der Waals surface area contributed by atoms with Crippen molar-refractivity contribution in [1.82, 2.24) is 4.90 Å². The number of rotatable bonds is 6. The molecule has 136 valence electrons. The van der Waals surface area contributed by atoms with E-state index in [4.69, 9.17) is 12.2 Å². The van der Waals surface area contributed by atoms with Crippen molar-refractivity contribution >= 4 is 46.3 Å². The Morgan fingerprint density at radius 1 is 1.11 bits per heavy atom. The summed E-state index contributed by atoms with van der Waals surface area (Å²) in [7, 11) is 0. The van der Waals surface area contributed by atoms with Gasteiger partial charge < -0.3 is 5.11 Å². The molecule has 0 saturated carbocycles. The van der Waals surface area contributed by atoms with Gasteiger partial charge in [-0.3, -0.25) is 9.69 Å². The Balaban J connectivity index is 1.78. The number of nitrogens with zero attached hydrogens (tertiary/aromatic N) is 1. The van der Waals surface area contributed by atoms with Crippen LogP contribution in [0.4, 0.5) is 0 Å². The van der Waals surface area contributed by atoms with E-state index in [-0.39, 0.29) is 16.6 Å². The molecule has 1 fully saturated rings. The number of carboxylic acid groups (broad SMARTS) is 1. The van der Waals surface area contributed by atoms with E-state index in [1.54, 1.807) is 12.2 Å². The minimum Gasteiger partial charge on any atom is -0.480 e. The maximum absolute atomic E-state index is 12.7. The lowest BCUT2D eigenvalue weighted by molar-refractivity contribution is -0.145. The lowest BCUT2D eigenvalue weighted by Crippen LogP contribution is -2.45. The first-order valence-electron chi connectivity index (χ1n) is 8.32. The summed E-state index contributed by atoms with van der Waals surface area (Å²) in [5, 5.41) is 9.65. The highest BCUT2D eigenvalue weighted by molar-refractivity contribution is 8.26. The minimum atomic E-state index is -1.07. The molecule has 0 aromatic heterocycles. The summed E-state index contributed by atoms with van der Waals surface area (Å²) < 4.78 is 0.266. The zero-order valence-electron chi connectivity index (χ0n) is 14.3. The molecule has 1 heterocycles. The van der Waals surface area contributed by atoms with Gasteiger partial charge in [0.1, 0.15) is 10.4 Å². The third kappa shape index (κ3) is 4.72. The van der Waals surface area contributed by atoms with Crippen molar-refractivity contribution in [3.63, 3.8) is 0 Å². The molecule has 27 heavy (non-hydrogen) atoms. The zero-order chi connectivity index (χ0) is 19.2. The average molecular weight is 396 g/mol. The summed E-state index contributed by atoms with van der Waals surface area (Å²) >= 11 is 6.42. The van der Waals surface area contributed by atoms with Gasteiger partial charge in [0, 0.05) is 6.42 Å². The van der Waals surface area contributed by atoms with Crippen LogP contribution in [0.15, 0.2) is 77.7 Å². The molecule has 1 N–H and O–H groups in total. The molecule has 3 rings (SSSR count). The summed E-state index contributed by atoms with van der Waals surface area (Å²) in [4.78, 5) is 26.2. The molecule has 1 saturated heterocycles. The molecule has 2 aromatic carbocycles. The fourth-order valence-electron chi connectivity index (χ4n) is 2.70. The normalized spacial score (nSPS) is 17.0. The lowest BCUT2D eigenvalue weighted by atomic mass is 10.0. The van der Waals surface area contributed by atoms with Crippen molar-refractivity contribution in [3.05, 3.63) is 88.8 Å². The van der Waals surface area contributed by atoms with Gasteiger partial charge in [0.2, 0.25) is 0 Å². The highest BCUT2D eigenvalue weighted by Crippen LogP contribution is 2.33. The van der Waals surface area contributed by atoms with Crippen LogP contribution < -0.4 is 0 Å². The Hall–Kier alpha value is -2.70. The first-order chi connectivity index (χ1) is 13.1. The van der Waals surface area contributed by atoms with Gasteiger partial charge in [0.25, 0.3) is 5.91 Å². The summed E-state index contributed by atoms with van der Waals surface area (Å²) in [6.07, 6.45) is 5.53. The van der Waals surface area contributed by atoms with Crippen LogP contribution in [-0.2, 0) is 16.0 Å². The lowest BCUT2D eigenvalue weighted by Gasteiger charge is -2.23. The van der Waals surface area contributed by atoms with Gasteiger partial charge in [0.15, 0.2) is 0 Å². The second-order valence-corrected chi connectivity index (χ2v) is 7.56. The Morgan fingerprint density at radius 2 is 1.74 bits per heavy atom. The van der Waals surface area contributed by atoms with Gasteiger partial charge in [-0.25, -0.2) is 4.79 Å². The van der Waals surface area contributed by atoms with Crippen LogP contribution in [0.5, 0.6) is 0 Å². The standard InChI is InChI=1S/C21H17NO3S2/c23-19-18(13-7-12-15-8-3-1-4-9-15)27-21(26)22(19)17(20(24)25)14-16-10-5-2-6-11-16/h1-13,17H,14H2,(H,24,25)/b12-7+,18-13-/t17-/m0/s1. The molecule has 6 heteroatoms. The maximum atomic E-state index is 12.7. The van der Waals surface area contributed by atoms with Gasteiger partial charge in [0.05, 0.1) is 4.91 Å². The van der Waals surface area contributed by atoms with Crippen molar-refractivity contribution < 1.29 is 14.7 Å². The number of carboxylic acids is 1. The van der Waals surface area contributed by atoms with Crippen LogP contribution in [0.3, 0.4) is 0 Å². The molecule has 0 bridgehead atoms. The molecule has 2 aromatic rings. The van der Waals surface area contributed by atoms with E-state index in [9.17, 15) is 14.7 Å². The molecule has 0 radical (unpaired) electrons. The SMILES string of the molecule is O=C(O)[C@H](Cc1ccccc1)N1C(=O)/C(=C/C=C/c2ccccc2)SC1=S. The van der Waals surface area contributed by atoms with E-state index in [0.29, 0.717) is 4.91 Å². The van der Waals surface area contributed by atoms with E-state index in [0.717, 1.165) is 22.9 Å². The number of aliphatic carboxylic acids is 1. The van der Waals surface area contributed by atoms with Crippen LogP contribution in [0.1, 0.15) is 11.1 Å². The quantitative estimate of drug-likeness (QED) is 0.588. The van der Waals surface area contributed by atoms with E-state index in [1.165, 1.54) is 4.90 Å². The maximum Gasteiger partial charge on any atom is 0.327 e. The molecule has 1 aliphatic heterocycles. The number of carbonyl (C=O) groups is 2. The van der Waals surface area contributed by atoms with Crippen LogP contribution >= 0.6 is 24.0 Å². The second-order valence-electron chi connectivity index (χ2n) is 5.89. The number of carbonyl (C=O) groups excluding carboxylic acids is 1. The van der Waals surface area contributed by atoms with Crippen molar-refractivity contribution in [2.75, 3.05) is 0 Å². The molecule has 1 amide bonds. The fraction of sp³-hybridized carbons (Fsp3) is 0.0952. The topological polar surface area (TPSA) is 57.6 Å². The number of thiocarbonyl (C=S) groups is 1. The van der Waals surface area contributed by atoms with Crippen LogP contribution in [0.2, 0.25) is 0 Å². The monoisotopic (exact) mass is 395 g/mol. The highest BCUT2D eigenvalue weighted by atomic mass is 32.2. The number of benzene rings is 2. The Labute approximate surface area is 167 Å². The molecule has 1 atom stereocenters. The minimum absolute atomic E-state index is 0.204. The van der Waals surface area contributed by atoms with Gasteiger partial charge in [-0.15, -0.1) is 0 Å². The summed E-state index contributed by atoms with van der Waals surface area (Å²) in [5.74, 6) is -1.44. The smallest absolute Gasteiger partial charge is 0.327 e. The molecule has 0 unspecified atom stereocenters. The van der Waals surface area contributed by atoms with E-state index < -0.39 is 12.0 Å². The summed E-state index contributed by atoms with van der Waals surface area (Å²) in [6, 6.07) is 17.9. The molecular weight excluding hydrogens is 378 g/mol. The molecule has 0 aliphatic carbocycles. The van der Waals surface area contributed by atoms with E-state index in [2.05, 4.69) is 0 Å². The number of hydrogen-bond donors (Lipinski definition) is 1. The summed E-state index contributed by atoms with van der Waals surface area (Å²) in [6.45, 7) is 0. The Bertz CT molecular complexity index is 908. The van der Waals surface area contributed by atoms with Gasteiger partial charge >= 0.3 is 5.97 Å². The highest BCUT2D eigenvalue weighted by Gasteiger charge is 2.40. The van der Waals surface area contributed by atoms with Crippen molar-refractivity contribution in [2.24, 2.45) is 0 Å². The number of hydrogen-bond acceptors (Lipinski definition) is 4. The average Bonchev–Trinajstić information content (AvgIpc) is 2.95. The molecular formula is C21H17NO3S2. The van der Waals surface area contributed by atoms with E-state index in [1.807, 2.05) is 66.7 Å². The number of allylic oxidation sites excluding steroid dienone is 2. The van der Waals surface area contributed by atoms with Crippen molar-refractivity contribution in [3.8, 4) is 0 Å². The van der Waals surface area contributed by atoms with Crippen LogP contribution in [-0.4, -0.2) is 32.2 Å². The van der Waals surface area contributed by atoms with Gasteiger partial charge in [-0.1, -0.05) is 96.8 Å². The predicted octanol–water partition coefficient (Wildman–Crippen LogP) is 4.14. The molecule has 4 nitrogen and oxygen atoms in total. The first kappa shape index (κ1) is 19.1. The second kappa shape index (κ2) is 8.79. The number of amides is 1. The molecule has 0 spiro atoms. The fourth-order valence-corrected chi connectivity index (χ4v) is 4.01. The predicted molar refractivity (Wildman–Crippen MR) is 112 cm³/mol. The van der Waals surface area contributed by atoms with Crippen molar-refractivity contribution in [2.45, 2.75) is 12.5 Å². The Kier molecular flexibility index (Phi) is 6.21. The first-order valence-corrected chi connectivity index (χ1v) is 9.54. The third-order valence-corrected chi connectivity index (χ3v) is 5.38.